The lowest BCUT2D eigenvalue weighted by molar-refractivity contribution is 0.939. The summed E-state index contributed by atoms with van der Waals surface area (Å²) in [7, 11) is 0. The predicted molar refractivity (Wildman–Crippen MR) is 132 cm³/mol. The molecule has 0 saturated heterocycles. The number of halogens is 1. The average Bonchev–Trinajstić information content (AvgIpc) is 3.51. The highest BCUT2D eigenvalue weighted by Crippen LogP contribution is 2.38. The molecule has 3 aromatic carbocycles. The lowest BCUT2D eigenvalue weighted by atomic mass is 10.1. The second-order valence-electron chi connectivity index (χ2n) is 7.81. The van der Waals surface area contributed by atoms with Gasteiger partial charge in [0.25, 0.3) is 0 Å². The van der Waals surface area contributed by atoms with E-state index in [2.05, 4.69) is 114 Å². The molecule has 4 heterocycles. The standard InChI is InChI=1S/C26H16BrN5/c27-26-28-25-23(11-6-15-31(25)29-26)32-22-10-5-4-9-18(22)19-12-13-21-20(24(19)32)14-16-30(21)17-7-2-1-3-8-17/h1-16H. The van der Waals surface area contributed by atoms with Gasteiger partial charge in [0.05, 0.1) is 22.2 Å². The molecule has 7 aromatic rings. The Labute approximate surface area is 191 Å². The van der Waals surface area contributed by atoms with Crippen LogP contribution in [0.15, 0.2) is 102 Å². The van der Waals surface area contributed by atoms with E-state index in [1.165, 1.54) is 27.2 Å². The summed E-state index contributed by atoms with van der Waals surface area (Å²) in [4.78, 5) is 4.66. The van der Waals surface area contributed by atoms with E-state index in [4.69, 9.17) is 0 Å². The second-order valence-corrected chi connectivity index (χ2v) is 8.52. The van der Waals surface area contributed by atoms with Crippen LogP contribution in [0.2, 0.25) is 0 Å². The van der Waals surface area contributed by atoms with Crippen LogP contribution in [0.1, 0.15) is 0 Å². The molecule has 6 heteroatoms. The third-order valence-corrected chi connectivity index (χ3v) is 6.43. The molecule has 7 rings (SSSR count). The number of pyridine rings is 1. The maximum atomic E-state index is 4.66. The van der Waals surface area contributed by atoms with Gasteiger partial charge in [-0.3, -0.25) is 0 Å². The summed E-state index contributed by atoms with van der Waals surface area (Å²) < 4.78 is 6.95. The van der Waals surface area contributed by atoms with Crippen molar-refractivity contribution in [3.63, 3.8) is 0 Å². The zero-order valence-corrected chi connectivity index (χ0v) is 18.4. The summed E-state index contributed by atoms with van der Waals surface area (Å²) in [6, 6.07) is 29.8. The molecule has 4 aromatic heterocycles. The summed E-state index contributed by atoms with van der Waals surface area (Å²) in [5.41, 5.74) is 6.44. The zero-order chi connectivity index (χ0) is 21.2. The van der Waals surface area contributed by atoms with Crippen LogP contribution in [0.5, 0.6) is 0 Å². The van der Waals surface area contributed by atoms with Crippen molar-refractivity contribution in [3.8, 4) is 11.4 Å². The lowest BCUT2D eigenvalue weighted by Crippen LogP contribution is -1.99. The second kappa shape index (κ2) is 6.55. The van der Waals surface area contributed by atoms with Crippen molar-refractivity contribution in [1.82, 2.24) is 23.7 Å². The maximum absolute atomic E-state index is 4.66. The molecule has 0 radical (unpaired) electrons. The number of hydrogen-bond donors (Lipinski definition) is 0. The number of aromatic nitrogens is 5. The average molecular weight is 478 g/mol. The predicted octanol–water partition coefficient (Wildman–Crippen LogP) is 6.53. The largest absolute Gasteiger partial charge is 0.316 e. The first-order chi connectivity index (χ1) is 15.8. The molecule has 152 valence electrons. The fourth-order valence-electron chi connectivity index (χ4n) is 4.78. The summed E-state index contributed by atoms with van der Waals surface area (Å²) in [5, 5.41) is 8.09. The molecule has 5 nitrogen and oxygen atoms in total. The molecule has 0 saturated carbocycles. The quantitative estimate of drug-likeness (QED) is 0.283. The van der Waals surface area contributed by atoms with Gasteiger partial charge in [0, 0.05) is 34.2 Å². The number of nitrogens with zero attached hydrogens (tertiary/aromatic N) is 5. The molecule has 0 unspecified atom stereocenters. The van der Waals surface area contributed by atoms with E-state index >= 15 is 0 Å². The van der Waals surface area contributed by atoms with E-state index in [1.54, 1.807) is 0 Å². The van der Waals surface area contributed by atoms with Crippen LogP contribution in [0.3, 0.4) is 0 Å². The Morgan fingerprint density at radius 3 is 2.41 bits per heavy atom. The molecule has 32 heavy (non-hydrogen) atoms. The molecule has 0 N–H and O–H groups in total. The molecule has 0 amide bonds. The lowest BCUT2D eigenvalue weighted by Gasteiger charge is -2.10. The van der Waals surface area contributed by atoms with E-state index in [0.29, 0.717) is 4.73 Å². The Hall–Kier alpha value is -3.90. The van der Waals surface area contributed by atoms with E-state index in [-0.39, 0.29) is 0 Å². The van der Waals surface area contributed by atoms with E-state index in [1.807, 2.05) is 22.8 Å². The molecule has 0 atom stereocenters. The molecule has 0 aliphatic rings. The molecule has 0 aliphatic heterocycles. The Kier molecular flexibility index (Phi) is 3.63. The molecule has 0 spiro atoms. The van der Waals surface area contributed by atoms with Gasteiger partial charge >= 0.3 is 0 Å². The van der Waals surface area contributed by atoms with Crippen molar-refractivity contribution < 1.29 is 0 Å². The fourth-order valence-corrected chi connectivity index (χ4v) is 5.12. The number of hydrogen-bond acceptors (Lipinski definition) is 2. The van der Waals surface area contributed by atoms with Gasteiger partial charge in [-0.2, -0.15) is 4.98 Å². The third kappa shape index (κ3) is 2.38. The first-order valence-electron chi connectivity index (χ1n) is 10.4. The Morgan fingerprint density at radius 1 is 0.656 bits per heavy atom. The highest BCUT2D eigenvalue weighted by Gasteiger charge is 2.19. The van der Waals surface area contributed by atoms with Crippen molar-refractivity contribution in [3.05, 3.63) is 102 Å². The van der Waals surface area contributed by atoms with Crippen molar-refractivity contribution in [2.75, 3.05) is 0 Å². The maximum Gasteiger partial charge on any atom is 0.218 e. The van der Waals surface area contributed by atoms with Gasteiger partial charge in [-0.1, -0.05) is 42.5 Å². The summed E-state index contributed by atoms with van der Waals surface area (Å²) in [6.45, 7) is 0. The third-order valence-electron chi connectivity index (χ3n) is 6.09. The molecule has 0 bridgehead atoms. The molecule has 0 aliphatic carbocycles. The van der Waals surface area contributed by atoms with E-state index in [9.17, 15) is 0 Å². The van der Waals surface area contributed by atoms with Crippen LogP contribution in [0, 0.1) is 0 Å². The number of rotatable bonds is 2. The topological polar surface area (TPSA) is 40.0 Å². The highest BCUT2D eigenvalue weighted by atomic mass is 79.9. The number of para-hydroxylation sites is 2. The Balaban J connectivity index is 1.67. The monoisotopic (exact) mass is 477 g/mol. The van der Waals surface area contributed by atoms with Crippen LogP contribution in [0.25, 0.3) is 49.7 Å². The fraction of sp³-hybridized carbons (Fsp3) is 0. The van der Waals surface area contributed by atoms with Crippen LogP contribution >= 0.6 is 15.9 Å². The Morgan fingerprint density at radius 2 is 1.50 bits per heavy atom. The molecule has 0 fully saturated rings. The highest BCUT2D eigenvalue weighted by molar-refractivity contribution is 9.10. The first-order valence-corrected chi connectivity index (χ1v) is 11.2. The van der Waals surface area contributed by atoms with E-state index in [0.717, 1.165) is 22.5 Å². The van der Waals surface area contributed by atoms with Gasteiger partial charge in [0.1, 0.15) is 0 Å². The summed E-state index contributed by atoms with van der Waals surface area (Å²) in [6.07, 6.45) is 4.07. The normalized spacial score (nSPS) is 11.9. The Bertz CT molecular complexity index is 1790. The summed E-state index contributed by atoms with van der Waals surface area (Å²) >= 11 is 3.43. The van der Waals surface area contributed by atoms with Crippen molar-refractivity contribution in [2.24, 2.45) is 0 Å². The summed E-state index contributed by atoms with van der Waals surface area (Å²) in [5.74, 6) is 0. The SMILES string of the molecule is Brc1nc2c(-n3c4ccccc4c4ccc5c(ccn5-c5ccccc5)c43)cccn2n1. The van der Waals surface area contributed by atoms with Crippen LogP contribution in [0.4, 0.5) is 0 Å². The molecular formula is C26H16BrN5. The zero-order valence-electron chi connectivity index (χ0n) is 16.9. The minimum absolute atomic E-state index is 0.575. The number of benzene rings is 3. The molecular weight excluding hydrogens is 462 g/mol. The van der Waals surface area contributed by atoms with Gasteiger partial charge in [-0.05, 0) is 58.4 Å². The van der Waals surface area contributed by atoms with Gasteiger partial charge in [-0.15, -0.1) is 5.10 Å². The first kappa shape index (κ1) is 17.7. The van der Waals surface area contributed by atoms with Gasteiger partial charge in [0.2, 0.25) is 4.73 Å². The van der Waals surface area contributed by atoms with Gasteiger partial charge in [-0.25, -0.2) is 4.52 Å². The smallest absolute Gasteiger partial charge is 0.218 e. The van der Waals surface area contributed by atoms with Crippen molar-refractivity contribution in [2.45, 2.75) is 0 Å². The van der Waals surface area contributed by atoms with Crippen LogP contribution in [-0.4, -0.2) is 23.7 Å². The van der Waals surface area contributed by atoms with Crippen LogP contribution in [-0.2, 0) is 0 Å². The number of fused-ring (bicyclic) bond motifs is 6. The van der Waals surface area contributed by atoms with E-state index < -0.39 is 0 Å². The minimum atomic E-state index is 0.575. The van der Waals surface area contributed by atoms with Gasteiger partial charge < -0.3 is 9.13 Å². The van der Waals surface area contributed by atoms with Gasteiger partial charge in [0.15, 0.2) is 5.65 Å². The minimum Gasteiger partial charge on any atom is -0.316 e. The van der Waals surface area contributed by atoms with Crippen molar-refractivity contribution in [1.29, 1.82) is 0 Å². The van der Waals surface area contributed by atoms with Crippen LogP contribution < -0.4 is 0 Å². The van der Waals surface area contributed by atoms with Crippen molar-refractivity contribution >= 4 is 54.3 Å².